The van der Waals surface area contributed by atoms with E-state index in [1.165, 1.54) is 6.20 Å². The Kier molecular flexibility index (Phi) is 6.24. The Balaban J connectivity index is 2.51. The zero-order chi connectivity index (χ0) is 14.3. The summed E-state index contributed by atoms with van der Waals surface area (Å²) in [4.78, 5) is 5.67. The molecule has 3 nitrogen and oxygen atoms in total. The fourth-order valence-electron chi connectivity index (χ4n) is 1.52. The number of halogens is 3. The van der Waals surface area contributed by atoms with Crippen LogP contribution in [0.15, 0.2) is 24.5 Å². The predicted molar refractivity (Wildman–Crippen MR) is 66.7 cm³/mol. The number of rotatable bonds is 7. The summed E-state index contributed by atoms with van der Waals surface area (Å²) in [7, 11) is 1.79. The second-order valence-electron chi connectivity index (χ2n) is 4.39. The minimum atomic E-state index is -4.34. The first-order valence-corrected chi connectivity index (χ1v) is 6.19. The summed E-state index contributed by atoms with van der Waals surface area (Å²) >= 11 is 0. The van der Waals surface area contributed by atoms with Crippen molar-refractivity contribution in [3.05, 3.63) is 30.1 Å². The SMILES string of the molecule is CCN(C)CCC(OCc1cccnc1)C(F)(F)F. The molecular formula is C13H19F3N2O. The molecule has 1 rings (SSSR count). The van der Waals surface area contributed by atoms with Gasteiger partial charge in [-0.1, -0.05) is 13.0 Å². The number of alkyl halides is 3. The van der Waals surface area contributed by atoms with Gasteiger partial charge in [-0.2, -0.15) is 13.2 Å². The van der Waals surface area contributed by atoms with Gasteiger partial charge in [-0.05, 0) is 31.6 Å². The van der Waals surface area contributed by atoms with E-state index in [0.29, 0.717) is 18.7 Å². The van der Waals surface area contributed by atoms with Crippen molar-refractivity contribution in [1.82, 2.24) is 9.88 Å². The normalized spacial score (nSPS) is 13.8. The maximum atomic E-state index is 12.8. The maximum Gasteiger partial charge on any atom is 0.414 e. The van der Waals surface area contributed by atoms with E-state index in [9.17, 15) is 13.2 Å². The van der Waals surface area contributed by atoms with Crippen LogP contribution in [0.3, 0.4) is 0 Å². The molecule has 0 radical (unpaired) electrons. The highest BCUT2D eigenvalue weighted by Crippen LogP contribution is 2.26. The van der Waals surface area contributed by atoms with Crippen LogP contribution in [0.5, 0.6) is 0 Å². The number of nitrogens with zero attached hydrogens (tertiary/aromatic N) is 2. The summed E-state index contributed by atoms with van der Waals surface area (Å²) in [6.45, 7) is 2.90. The van der Waals surface area contributed by atoms with E-state index in [-0.39, 0.29) is 13.0 Å². The number of aromatic nitrogens is 1. The molecule has 0 aliphatic heterocycles. The van der Waals surface area contributed by atoms with E-state index >= 15 is 0 Å². The number of hydrogen-bond donors (Lipinski definition) is 0. The van der Waals surface area contributed by atoms with Crippen molar-refractivity contribution in [1.29, 1.82) is 0 Å². The topological polar surface area (TPSA) is 25.4 Å². The first-order chi connectivity index (χ1) is 8.93. The van der Waals surface area contributed by atoms with Crippen molar-refractivity contribution >= 4 is 0 Å². The van der Waals surface area contributed by atoms with Gasteiger partial charge >= 0.3 is 6.18 Å². The summed E-state index contributed by atoms with van der Waals surface area (Å²) < 4.78 is 43.4. The van der Waals surface area contributed by atoms with Crippen LogP contribution in [-0.2, 0) is 11.3 Å². The smallest absolute Gasteiger partial charge is 0.364 e. The molecule has 0 fully saturated rings. The van der Waals surface area contributed by atoms with Crippen LogP contribution in [0.4, 0.5) is 13.2 Å². The van der Waals surface area contributed by atoms with Crippen molar-refractivity contribution in [2.75, 3.05) is 20.1 Å². The molecule has 6 heteroatoms. The highest BCUT2D eigenvalue weighted by Gasteiger charge is 2.40. The Morgan fingerprint density at radius 2 is 2.16 bits per heavy atom. The molecule has 1 atom stereocenters. The third kappa shape index (κ3) is 6.02. The Bertz CT molecular complexity index is 357. The molecule has 1 heterocycles. The van der Waals surface area contributed by atoms with Crippen molar-refractivity contribution in [3.63, 3.8) is 0 Å². The van der Waals surface area contributed by atoms with E-state index in [2.05, 4.69) is 4.98 Å². The standard InChI is InChI=1S/C13H19F3N2O/c1-3-18(2)8-6-12(13(14,15)16)19-10-11-5-4-7-17-9-11/h4-5,7,9,12H,3,6,8,10H2,1-2H3. The molecule has 19 heavy (non-hydrogen) atoms. The molecule has 0 amide bonds. The zero-order valence-electron chi connectivity index (χ0n) is 11.2. The Labute approximate surface area is 111 Å². The first-order valence-electron chi connectivity index (χ1n) is 6.19. The number of pyridine rings is 1. The molecule has 0 saturated carbocycles. The van der Waals surface area contributed by atoms with Gasteiger partial charge in [0, 0.05) is 18.9 Å². The fraction of sp³-hybridized carbons (Fsp3) is 0.615. The molecule has 1 aromatic heterocycles. The van der Waals surface area contributed by atoms with Crippen LogP contribution in [0.25, 0.3) is 0 Å². The highest BCUT2D eigenvalue weighted by atomic mass is 19.4. The van der Waals surface area contributed by atoms with Gasteiger partial charge < -0.3 is 9.64 Å². The van der Waals surface area contributed by atoms with E-state index in [1.807, 2.05) is 11.8 Å². The molecule has 1 unspecified atom stereocenters. The number of hydrogen-bond acceptors (Lipinski definition) is 3. The summed E-state index contributed by atoms with van der Waals surface area (Å²) in [5, 5.41) is 0. The van der Waals surface area contributed by atoms with Crippen molar-refractivity contribution in [2.45, 2.75) is 32.2 Å². The monoisotopic (exact) mass is 276 g/mol. The predicted octanol–water partition coefficient (Wildman–Crippen LogP) is 2.87. The first kappa shape index (κ1) is 15.9. The molecule has 0 bridgehead atoms. The molecule has 0 saturated heterocycles. The number of ether oxygens (including phenoxy) is 1. The molecule has 0 aliphatic rings. The summed E-state index contributed by atoms with van der Waals surface area (Å²) in [6.07, 6.45) is -3.06. The largest absolute Gasteiger partial charge is 0.414 e. The lowest BCUT2D eigenvalue weighted by atomic mass is 10.2. The molecule has 108 valence electrons. The molecule has 0 aromatic carbocycles. The van der Waals surface area contributed by atoms with Crippen molar-refractivity contribution in [3.8, 4) is 0 Å². The Hall–Kier alpha value is -1.14. The molecule has 1 aromatic rings. The lowest BCUT2D eigenvalue weighted by Crippen LogP contribution is -2.35. The van der Waals surface area contributed by atoms with Crippen molar-refractivity contribution < 1.29 is 17.9 Å². The van der Waals surface area contributed by atoms with Gasteiger partial charge in [0.1, 0.15) is 0 Å². The summed E-state index contributed by atoms with van der Waals surface area (Å²) in [5.41, 5.74) is 0.639. The lowest BCUT2D eigenvalue weighted by Gasteiger charge is -2.23. The van der Waals surface area contributed by atoms with E-state index in [4.69, 9.17) is 4.74 Å². The van der Waals surface area contributed by atoms with Crippen molar-refractivity contribution in [2.24, 2.45) is 0 Å². The fourth-order valence-corrected chi connectivity index (χ4v) is 1.52. The van der Waals surface area contributed by atoms with Gasteiger partial charge in [-0.15, -0.1) is 0 Å². The minimum Gasteiger partial charge on any atom is -0.364 e. The highest BCUT2D eigenvalue weighted by molar-refractivity contribution is 5.06. The van der Waals surface area contributed by atoms with Gasteiger partial charge in [-0.3, -0.25) is 4.98 Å². The van der Waals surface area contributed by atoms with Gasteiger partial charge in [0.25, 0.3) is 0 Å². The molecule has 0 spiro atoms. The van der Waals surface area contributed by atoms with Crippen LogP contribution >= 0.6 is 0 Å². The van der Waals surface area contributed by atoms with Crippen LogP contribution in [-0.4, -0.2) is 42.3 Å². The lowest BCUT2D eigenvalue weighted by molar-refractivity contribution is -0.226. The second-order valence-corrected chi connectivity index (χ2v) is 4.39. The third-order valence-corrected chi connectivity index (χ3v) is 2.85. The van der Waals surface area contributed by atoms with Gasteiger partial charge in [-0.25, -0.2) is 0 Å². The molecular weight excluding hydrogens is 257 g/mol. The quantitative estimate of drug-likeness (QED) is 0.765. The Morgan fingerprint density at radius 1 is 1.42 bits per heavy atom. The van der Waals surface area contributed by atoms with Gasteiger partial charge in [0.15, 0.2) is 6.10 Å². The average molecular weight is 276 g/mol. The molecule has 0 aliphatic carbocycles. The van der Waals surface area contributed by atoms with Crippen LogP contribution < -0.4 is 0 Å². The Morgan fingerprint density at radius 3 is 2.68 bits per heavy atom. The third-order valence-electron chi connectivity index (χ3n) is 2.85. The van der Waals surface area contributed by atoms with Crippen LogP contribution in [0.1, 0.15) is 18.9 Å². The zero-order valence-corrected chi connectivity index (χ0v) is 11.2. The summed E-state index contributed by atoms with van der Waals surface area (Å²) in [6, 6.07) is 3.37. The van der Waals surface area contributed by atoms with E-state index in [1.54, 1.807) is 25.4 Å². The summed E-state index contributed by atoms with van der Waals surface area (Å²) in [5.74, 6) is 0. The van der Waals surface area contributed by atoms with Gasteiger partial charge in [0.2, 0.25) is 0 Å². The second kappa shape index (κ2) is 7.45. The average Bonchev–Trinajstić information content (AvgIpc) is 2.38. The molecule has 0 N–H and O–H groups in total. The van der Waals surface area contributed by atoms with Crippen LogP contribution in [0, 0.1) is 0 Å². The van der Waals surface area contributed by atoms with Gasteiger partial charge in [0.05, 0.1) is 6.61 Å². The van der Waals surface area contributed by atoms with E-state index < -0.39 is 12.3 Å². The van der Waals surface area contributed by atoms with Crippen LogP contribution in [0.2, 0.25) is 0 Å². The maximum absolute atomic E-state index is 12.8. The van der Waals surface area contributed by atoms with E-state index in [0.717, 1.165) is 0 Å². The minimum absolute atomic E-state index is 0.0614.